The standard InChI is InChI=1S/C36H60N4O3/c1-36(2,3)43-35(42)39-33(37)26-19-18-25-20-32(34(41)38-30-17-9-13-24-11-5-7-16-29(24)30)40(31(25)21-26)22-27-14-8-12-23-10-4-6-15-28(23)27/h23-32H,4-22H2,1-3H3,(H,38,41)(H2,37,39,42)/t23?,24?,25?,26?,27?,28?,29?,30-,31?,32?/m0/s1. The molecule has 6 rings (SSSR count). The van der Waals surface area contributed by atoms with Crippen molar-refractivity contribution in [1.29, 1.82) is 5.41 Å². The predicted octanol–water partition coefficient (Wildman–Crippen LogP) is 7.43. The zero-order chi connectivity index (χ0) is 30.1. The maximum absolute atomic E-state index is 14.3. The molecule has 1 aliphatic heterocycles. The van der Waals surface area contributed by atoms with Crippen molar-refractivity contribution in [3.05, 3.63) is 0 Å². The lowest BCUT2D eigenvalue weighted by Gasteiger charge is -2.46. The minimum atomic E-state index is -0.586. The van der Waals surface area contributed by atoms with E-state index in [1.54, 1.807) is 0 Å². The Morgan fingerprint density at radius 2 is 1.42 bits per heavy atom. The Kier molecular flexibility index (Phi) is 9.76. The van der Waals surface area contributed by atoms with Crippen molar-refractivity contribution in [1.82, 2.24) is 15.5 Å². The molecule has 242 valence electrons. The van der Waals surface area contributed by atoms with Gasteiger partial charge in [-0.1, -0.05) is 64.2 Å². The second kappa shape index (κ2) is 13.4. The molecule has 7 nitrogen and oxygen atoms in total. The maximum Gasteiger partial charge on any atom is 0.413 e. The Labute approximate surface area is 260 Å². The van der Waals surface area contributed by atoms with Crippen LogP contribution in [0, 0.1) is 46.8 Å². The Morgan fingerprint density at radius 1 is 0.767 bits per heavy atom. The normalized spacial score (nSPS) is 40.0. The molecule has 7 heteroatoms. The fourth-order valence-electron chi connectivity index (χ4n) is 10.8. The quantitative estimate of drug-likeness (QED) is 0.227. The largest absolute Gasteiger partial charge is 0.444 e. The summed E-state index contributed by atoms with van der Waals surface area (Å²) < 4.78 is 5.46. The minimum Gasteiger partial charge on any atom is -0.444 e. The van der Waals surface area contributed by atoms with E-state index < -0.39 is 11.7 Å². The fourth-order valence-corrected chi connectivity index (χ4v) is 10.8. The molecule has 9 unspecified atom stereocenters. The van der Waals surface area contributed by atoms with Crippen molar-refractivity contribution in [3.63, 3.8) is 0 Å². The minimum absolute atomic E-state index is 0.00760. The van der Waals surface area contributed by atoms with Crippen molar-refractivity contribution >= 4 is 17.8 Å². The zero-order valence-electron chi connectivity index (χ0n) is 27.4. The number of hydrogen-bond acceptors (Lipinski definition) is 5. The van der Waals surface area contributed by atoms with Crippen LogP contribution in [0.4, 0.5) is 4.79 Å². The summed E-state index contributed by atoms with van der Waals surface area (Å²) in [6.07, 6.45) is 21.9. The molecule has 0 aromatic heterocycles. The highest BCUT2D eigenvalue weighted by Gasteiger charge is 2.50. The van der Waals surface area contributed by atoms with Gasteiger partial charge in [0.15, 0.2) is 0 Å². The van der Waals surface area contributed by atoms with Crippen LogP contribution in [0.15, 0.2) is 0 Å². The molecule has 6 aliphatic rings. The highest BCUT2D eigenvalue weighted by Crippen LogP contribution is 2.48. The summed E-state index contributed by atoms with van der Waals surface area (Å²) in [6.45, 7) is 6.60. The summed E-state index contributed by atoms with van der Waals surface area (Å²) >= 11 is 0. The first-order chi connectivity index (χ1) is 20.7. The van der Waals surface area contributed by atoms with Crippen LogP contribution < -0.4 is 10.6 Å². The Morgan fingerprint density at radius 3 is 2.16 bits per heavy atom. The number of ether oxygens (including phenoxy) is 1. The number of nitrogens with zero attached hydrogens (tertiary/aromatic N) is 1. The first-order valence-electron chi connectivity index (χ1n) is 18.3. The molecule has 0 radical (unpaired) electrons. The number of likely N-dealkylation sites (tertiary alicyclic amines) is 1. The fraction of sp³-hybridized carbons (Fsp3) is 0.917. The molecule has 5 saturated carbocycles. The molecule has 1 heterocycles. The summed E-state index contributed by atoms with van der Waals surface area (Å²) in [5.74, 6) is 4.96. The molecule has 5 aliphatic carbocycles. The Balaban J connectivity index is 1.17. The molecular formula is C36H60N4O3. The van der Waals surface area contributed by atoms with Crippen molar-refractivity contribution in [2.45, 2.75) is 160 Å². The zero-order valence-corrected chi connectivity index (χ0v) is 27.4. The monoisotopic (exact) mass is 596 g/mol. The van der Waals surface area contributed by atoms with E-state index in [1.807, 2.05) is 20.8 Å². The maximum atomic E-state index is 14.3. The van der Waals surface area contributed by atoms with Crippen LogP contribution in [0.3, 0.4) is 0 Å². The predicted molar refractivity (Wildman–Crippen MR) is 171 cm³/mol. The number of carbonyl (C=O) groups is 2. The second-order valence-corrected chi connectivity index (χ2v) is 16.5. The molecule has 0 aromatic rings. The van der Waals surface area contributed by atoms with E-state index in [2.05, 4.69) is 15.5 Å². The number of amidine groups is 1. The van der Waals surface area contributed by atoms with Gasteiger partial charge in [-0.05, 0) is 108 Å². The third-order valence-corrected chi connectivity index (χ3v) is 12.7. The lowest BCUT2D eigenvalue weighted by molar-refractivity contribution is -0.128. The topological polar surface area (TPSA) is 94.5 Å². The molecule has 6 fully saturated rings. The van der Waals surface area contributed by atoms with Crippen molar-refractivity contribution in [2.75, 3.05) is 6.54 Å². The number of carbonyl (C=O) groups excluding carboxylic acids is 2. The Bertz CT molecular complexity index is 1000. The third kappa shape index (κ3) is 7.28. The van der Waals surface area contributed by atoms with Gasteiger partial charge in [0.1, 0.15) is 11.4 Å². The van der Waals surface area contributed by atoms with Gasteiger partial charge in [-0.2, -0.15) is 0 Å². The molecule has 10 atom stereocenters. The van der Waals surface area contributed by atoms with E-state index >= 15 is 0 Å². The lowest BCUT2D eigenvalue weighted by atomic mass is 9.65. The molecule has 1 saturated heterocycles. The van der Waals surface area contributed by atoms with Gasteiger partial charge in [-0.3, -0.25) is 20.4 Å². The molecule has 2 amide bonds. The summed E-state index contributed by atoms with van der Waals surface area (Å²) in [6, 6.07) is 0.620. The van der Waals surface area contributed by atoms with Gasteiger partial charge in [-0.25, -0.2) is 4.79 Å². The first-order valence-corrected chi connectivity index (χ1v) is 18.3. The van der Waals surface area contributed by atoms with E-state index in [0.717, 1.165) is 56.4 Å². The van der Waals surface area contributed by atoms with Crippen molar-refractivity contribution < 1.29 is 14.3 Å². The summed E-state index contributed by atoms with van der Waals surface area (Å²) in [5.41, 5.74) is -0.586. The lowest BCUT2D eigenvalue weighted by Crippen LogP contribution is -2.54. The number of amides is 2. The smallest absolute Gasteiger partial charge is 0.413 e. The van der Waals surface area contributed by atoms with E-state index in [1.165, 1.54) is 83.5 Å². The molecular weight excluding hydrogens is 536 g/mol. The van der Waals surface area contributed by atoms with E-state index in [9.17, 15) is 9.59 Å². The van der Waals surface area contributed by atoms with Crippen LogP contribution in [0.5, 0.6) is 0 Å². The van der Waals surface area contributed by atoms with E-state index in [4.69, 9.17) is 10.1 Å². The highest BCUT2D eigenvalue weighted by molar-refractivity contribution is 5.95. The van der Waals surface area contributed by atoms with E-state index in [-0.39, 0.29) is 17.8 Å². The number of fused-ring (bicyclic) bond motifs is 3. The number of alkyl carbamates (subject to hydrolysis) is 1. The first kappa shape index (κ1) is 31.4. The molecule has 43 heavy (non-hydrogen) atoms. The van der Waals surface area contributed by atoms with Crippen molar-refractivity contribution in [2.24, 2.45) is 41.4 Å². The average molecular weight is 597 g/mol. The second-order valence-electron chi connectivity index (χ2n) is 16.5. The summed E-state index contributed by atoms with van der Waals surface area (Å²) in [4.78, 5) is 29.4. The van der Waals surface area contributed by atoms with Crippen LogP contribution in [0.25, 0.3) is 0 Å². The number of nitrogens with one attached hydrogen (secondary N) is 3. The number of hydrogen-bond donors (Lipinski definition) is 3. The van der Waals surface area contributed by atoms with Crippen LogP contribution in [0.2, 0.25) is 0 Å². The summed E-state index contributed by atoms with van der Waals surface area (Å²) in [7, 11) is 0. The van der Waals surface area contributed by atoms with Gasteiger partial charge < -0.3 is 10.1 Å². The van der Waals surface area contributed by atoms with Crippen molar-refractivity contribution in [3.8, 4) is 0 Å². The van der Waals surface area contributed by atoms with Gasteiger partial charge in [0.05, 0.1) is 6.04 Å². The summed E-state index contributed by atoms with van der Waals surface area (Å²) in [5, 5.41) is 15.2. The molecule has 3 N–H and O–H groups in total. The van der Waals surface area contributed by atoms with E-state index in [0.29, 0.717) is 35.7 Å². The molecule has 0 aromatic carbocycles. The Hall–Kier alpha value is -1.63. The average Bonchev–Trinajstić information content (AvgIpc) is 3.34. The van der Waals surface area contributed by atoms with Crippen LogP contribution in [-0.4, -0.2) is 53.0 Å². The van der Waals surface area contributed by atoms with Gasteiger partial charge in [0, 0.05) is 24.5 Å². The number of rotatable bonds is 5. The van der Waals surface area contributed by atoms with Gasteiger partial charge in [0.25, 0.3) is 0 Å². The van der Waals surface area contributed by atoms with Gasteiger partial charge >= 0.3 is 6.09 Å². The van der Waals surface area contributed by atoms with Crippen LogP contribution in [-0.2, 0) is 9.53 Å². The molecule has 0 spiro atoms. The van der Waals surface area contributed by atoms with Crippen LogP contribution >= 0.6 is 0 Å². The van der Waals surface area contributed by atoms with Gasteiger partial charge in [0.2, 0.25) is 5.91 Å². The molecule has 0 bridgehead atoms. The highest BCUT2D eigenvalue weighted by atomic mass is 16.6. The SMILES string of the molecule is CC(C)(C)OC(=O)NC(=N)C1CCC2CC(C(=O)N[C@H]3CCCC4CCCCC43)N(CC3CCCC4CCCCC43)C2C1. The third-order valence-electron chi connectivity index (χ3n) is 12.7. The van der Waals surface area contributed by atoms with Gasteiger partial charge in [-0.15, -0.1) is 0 Å². The van der Waals surface area contributed by atoms with Crippen LogP contribution in [0.1, 0.15) is 136 Å².